The summed E-state index contributed by atoms with van der Waals surface area (Å²) in [6, 6.07) is 4.37. The number of nitrogens with two attached hydrogens (primary N) is 1. The zero-order valence-electron chi connectivity index (χ0n) is 6.96. The highest BCUT2D eigenvalue weighted by Gasteiger charge is 2.10. The molecular formula is C9H6BrFN2O. The highest BCUT2D eigenvalue weighted by atomic mass is 79.9. The van der Waals surface area contributed by atoms with Gasteiger partial charge in [-0.15, -0.1) is 0 Å². The molecule has 14 heavy (non-hydrogen) atoms. The largest absolute Gasteiger partial charge is 0.507 e. The van der Waals surface area contributed by atoms with Crippen LogP contribution in [0.5, 0.6) is 5.75 Å². The summed E-state index contributed by atoms with van der Waals surface area (Å²) in [4.78, 5) is 3.81. The Morgan fingerprint density at radius 2 is 2.14 bits per heavy atom. The molecule has 0 amide bonds. The second kappa shape index (κ2) is 3.09. The molecule has 2 aromatic rings. The fourth-order valence-electron chi connectivity index (χ4n) is 1.24. The quantitative estimate of drug-likeness (QED) is 0.761. The van der Waals surface area contributed by atoms with Gasteiger partial charge in [-0.1, -0.05) is 0 Å². The summed E-state index contributed by atoms with van der Waals surface area (Å²) < 4.78 is 13.8. The first-order valence-corrected chi connectivity index (χ1v) is 4.62. The molecule has 3 N–H and O–H groups in total. The van der Waals surface area contributed by atoms with Crippen LogP contribution >= 0.6 is 15.9 Å². The molecule has 1 aromatic heterocycles. The van der Waals surface area contributed by atoms with Crippen LogP contribution in [0.1, 0.15) is 0 Å². The maximum Gasteiger partial charge on any atom is 0.163 e. The number of rotatable bonds is 0. The molecule has 3 nitrogen and oxygen atoms in total. The monoisotopic (exact) mass is 256 g/mol. The van der Waals surface area contributed by atoms with E-state index >= 15 is 0 Å². The first-order valence-electron chi connectivity index (χ1n) is 3.83. The number of nitrogens with zero attached hydrogens (tertiary/aromatic N) is 1. The first-order chi connectivity index (χ1) is 6.59. The second-order valence-electron chi connectivity index (χ2n) is 2.82. The van der Waals surface area contributed by atoms with Gasteiger partial charge >= 0.3 is 0 Å². The highest BCUT2D eigenvalue weighted by Crippen LogP contribution is 2.30. The molecule has 0 atom stereocenters. The third-order valence-corrected chi connectivity index (χ3v) is 2.48. The van der Waals surface area contributed by atoms with E-state index in [4.69, 9.17) is 5.73 Å². The standard InChI is InChI=1S/C9H6BrFN2O/c10-5-2-1-4-6(14)3-7(12)13-9(4)8(5)11/h1-3H,(H3,12,13,14). The number of nitrogen functional groups attached to an aromatic ring is 1. The molecular weight excluding hydrogens is 251 g/mol. The Morgan fingerprint density at radius 3 is 2.86 bits per heavy atom. The fraction of sp³-hybridized carbons (Fsp3) is 0. The molecule has 0 unspecified atom stereocenters. The van der Waals surface area contributed by atoms with E-state index in [1.54, 1.807) is 6.07 Å². The summed E-state index contributed by atoms with van der Waals surface area (Å²) in [7, 11) is 0. The zero-order valence-corrected chi connectivity index (χ0v) is 8.55. The minimum atomic E-state index is -0.523. The van der Waals surface area contributed by atoms with Gasteiger partial charge in [0.1, 0.15) is 17.1 Å². The van der Waals surface area contributed by atoms with Crippen LogP contribution in [0.4, 0.5) is 10.2 Å². The average Bonchev–Trinajstić information content (AvgIpc) is 2.12. The van der Waals surface area contributed by atoms with Crippen molar-refractivity contribution < 1.29 is 9.50 Å². The Bertz CT molecular complexity index is 516. The molecule has 72 valence electrons. The van der Waals surface area contributed by atoms with Gasteiger partial charge in [0.2, 0.25) is 0 Å². The van der Waals surface area contributed by atoms with E-state index in [1.807, 2.05) is 0 Å². The van der Waals surface area contributed by atoms with Crippen LogP contribution in [0.2, 0.25) is 0 Å². The number of benzene rings is 1. The summed E-state index contributed by atoms with van der Waals surface area (Å²) in [5, 5.41) is 9.81. The van der Waals surface area contributed by atoms with Crippen LogP contribution in [-0.4, -0.2) is 10.1 Å². The van der Waals surface area contributed by atoms with Crippen molar-refractivity contribution in [2.75, 3.05) is 5.73 Å². The van der Waals surface area contributed by atoms with Crippen LogP contribution in [-0.2, 0) is 0 Å². The van der Waals surface area contributed by atoms with Gasteiger partial charge in [0.15, 0.2) is 5.82 Å². The molecule has 0 saturated heterocycles. The maximum atomic E-state index is 13.5. The minimum Gasteiger partial charge on any atom is -0.507 e. The predicted octanol–water partition coefficient (Wildman–Crippen LogP) is 2.42. The van der Waals surface area contributed by atoms with Crippen molar-refractivity contribution in [1.82, 2.24) is 4.98 Å². The SMILES string of the molecule is Nc1cc(O)c2ccc(Br)c(F)c2n1. The molecule has 0 aliphatic heterocycles. The van der Waals surface area contributed by atoms with Crippen molar-refractivity contribution in [1.29, 1.82) is 0 Å². The van der Waals surface area contributed by atoms with Gasteiger partial charge in [-0.25, -0.2) is 9.37 Å². The molecule has 5 heteroatoms. The number of pyridine rings is 1. The summed E-state index contributed by atoms with van der Waals surface area (Å²) >= 11 is 3.03. The van der Waals surface area contributed by atoms with Gasteiger partial charge in [-0.05, 0) is 28.1 Å². The molecule has 0 bridgehead atoms. The molecule has 1 heterocycles. The van der Waals surface area contributed by atoms with Gasteiger partial charge in [0.05, 0.1) is 4.47 Å². The summed E-state index contributed by atoms with van der Waals surface area (Å²) in [5.74, 6) is -0.504. The lowest BCUT2D eigenvalue weighted by Gasteiger charge is -2.03. The predicted molar refractivity (Wildman–Crippen MR) is 55.5 cm³/mol. The Balaban J connectivity index is 2.95. The van der Waals surface area contributed by atoms with E-state index in [0.29, 0.717) is 9.86 Å². The number of aromatic nitrogens is 1. The number of fused-ring (bicyclic) bond motifs is 1. The van der Waals surface area contributed by atoms with Crippen molar-refractivity contribution in [3.8, 4) is 5.75 Å². The third-order valence-electron chi connectivity index (χ3n) is 1.87. The molecule has 0 radical (unpaired) electrons. The molecule has 0 fully saturated rings. The van der Waals surface area contributed by atoms with E-state index in [0.717, 1.165) is 0 Å². The number of aromatic hydroxyl groups is 1. The number of hydrogen-bond acceptors (Lipinski definition) is 3. The molecule has 0 aliphatic carbocycles. The lowest BCUT2D eigenvalue weighted by atomic mass is 10.2. The Labute approximate surface area is 87.5 Å². The van der Waals surface area contributed by atoms with Gasteiger partial charge in [-0.2, -0.15) is 0 Å². The van der Waals surface area contributed by atoms with Crippen LogP contribution < -0.4 is 5.73 Å². The summed E-state index contributed by atoms with van der Waals surface area (Å²) in [6.07, 6.45) is 0. The Morgan fingerprint density at radius 1 is 1.43 bits per heavy atom. The van der Waals surface area contributed by atoms with E-state index in [-0.39, 0.29) is 17.1 Å². The van der Waals surface area contributed by atoms with Crippen LogP contribution in [0.3, 0.4) is 0 Å². The van der Waals surface area contributed by atoms with Gasteiger partial charge < -0.3 is 10.8 Å². The number of anilines is 1. The molecule has 0 spiro atoms. The second-order valence-corrected chi connectivity index (χ2v) is 3.68. The molecule has 2 rings (SSSR count). The number of hydrogen-bond donors (Lipinski definition) is 2. The van der Waals surface area contributed by atoms with Crippen LogP contribution in [0, 0.1) is 5.82 Å². The maximum absolute atomic E-state index is 13.5. The van der Waals surface area contributed by atoms with Crippen molar-refractivity contribution >= 4 is 32.7 Å². The van der Waals surface area contributed by atoms with Gasteiger partial charge in [0, 0.05) is 11.5 Å². The van der Waals surface area contributed by atoms with E-state index in [2.05, 4.69) is 20.9 Å². The van der Waals surface area contributed by atoms with Gasteiger partial charge in [0.25, 0.3) is 0 Å². The van der Waals surface area contributed by atoms with E-state index in [1.165, 1.54) is 12.1 Å². The number of halogens is 2. The molecule has 1 aromatic carbocycles. The van der Waals surface area contributed by atoms with E-state index < -0.39 is 5.82 Å². The average molecular weight is 257 g/mol. The topological polar surface area (TPSA) is 59.1 Å². The summed E-state index contributed by atoms with van der Waals surface area (Å²) in [5.41, 5.74) is 5.46. The van der Waals surface area contributed by atoms with Gasteiger partial charge in [-0.3, -0.25) is 0 Å². The summed E-state index contributed by atoms with van der Waals surface area (Å²) in [6.45, 7) is 0. The van der Waals surface area contributed by atoms with Crippen molar-refractivity contribution in [2.45, 2.75) is 0 Å². The molecule has 0 saturated carbocycles. The van der Waals surface area contributed by atoms with Crippen molar-refractivity contribution in [3.63, 3.8) is 0 Å². The Kier molecular flexibility index (Phi) is 2.03. The van der Waals surface area contributed by atoms with Crippen LogP contribution in [0.25, 0.3) is 10.9 Å². The Hall–Kier alpha value is -1.36. The zero-order chi connectivity index (χ0) is 10.3. The van der Waals surface area contributed by atoms with E-state index in [9.17, 15) is 9.50 Å². The minimum absolute atomic E-state index is 0.0666. The normalized spacial score (nSPS) is 10.7. The lowest BCUT2D eigenvalue weighted by Crippen LogP contribution is -1.93. The van der Waals surface area contributed by atoms with Crippen molar-refractivity contribution in [2.24, 2.45) is 0 Å². The highest BCUT2D eigenvalue weighted by molar-refractivity contribution is 9.10. The lowest BCUT2D eigenvalue weighted by molar-refractivity contribution is 0.481. The first kappa shape index (κ1) is 9.21. The molecule has 0 aliphatic rings. The third kappa shape index (κ3) is 1.29. The fourth-order valence-corrected chi connectivity index (χ4v) is 1.56. The van der Waals surface area contributed by atoms with Crippen LogP contribution in [0.15, 0.2) is 22.7 Å². The van der Waals surface area contributed by atoms with Crippen molar-refractivity contribution in [3.05, 3.63) is 28.5 Å². The smallest absolute Gasteiger partial charge is 0.163 e.